The van der Waals surface area contributed by atoms with Crippen LogP contribution in [0.5, 0.6) is 11.5 Å². The molecule has 1 heterocycles. The van der Waals surface area contributed by atoms with Crippen LogP contribution in [0.4, 0.5) is 5.69 Å². The number of hydrogen-bond donors (Lipinski definition) is 0. The molecule has 0 bridgehead atoms. The average Bonchev–Trinajstić information content (AvgIpc) is 3.25. The van der Waals surface area contributed by atoms with Crippen LogP contribution in [0.1, 0.15) is 23.7 Å². The molecule has 0 radical (unpaired) electrons. The lowest BCUT2D eigenvalue weighted by molar-refractivity contribution is -0.128. The number of amides is 2. The van der Waals surface area contributed by atoms with Crippen molar-refractivity contribution in [3.63, 3.8) is 0 Å². The Labute approximate surface area is 182 Å². The van der Waals surface area contributed by atoms with Gasteiger partial charge in [-0.25, -0.2) is 0 Å². The van der Waals surface area contributed by atoms with Crippen LogP contribution in [0.15, 0.2) is 84.9 Å². The predicted octanol–water partition coefficient (Wildman–Crippen LogP) is 4.99. The van der Waals surface area contributed by atoms with E-state index in [-0.39, 0.29) is 18.4 Å². The molecule has 4 rings (SSSR count). The number of anilines is 1. The van der Waals surface area contributed by atoms with Crippen molar-refractivity contribution in [1.29, 1.82) is 0 Å². The summed E-state index contributed by atoms with van der Waals surface area (Å²) < 4.78 is 6.08. The molecule has 1 fully saturated rings. The van der Waals surface area contributed by atoms with Gasteiger partial charge in [0.05, 0.1) is 5.69 Å². The molecule has 2 amide bonds. The molecule has 0 N–H and O–H groups in total. The van der Waals surface area contributed by atoms with E-state index < -0.39 is 0 Å². The number of carbonyl (C=O) groups is 2. The summed E-state index contributed by atoms with van der Waals surface area (Å²) in [5.74, 6) is 1.40. The van der Waals surface area contributed by atoms with E-state index in [1.165, 1.54) is 4.90 Å². The van der Waals surface area contributed by atoms with Crippen molar-refractivity contribution >= 4 is 17.5 Å². The number of carbonyl (C=O) groups excluding carboxylic acids is 2. The van der Waals surface area contributed by atoms with Crippen molar-refractivity contribution in [1.82, 2.24) is 4.90 Å². The van der Waals surface area contributed by atoms with Crippen molar-refractivity contribution in [2.45, 2.75) is 13.3 Å². The molecule has 1 atom stereocenters. The van der Waals surface area contributed by atoms with Gasteiger partial charge in [-0.2, -0.15) is 0 Å². The Morgan fingerprint density at radius 3 is 2.26 bits per heavy atom. The number of likely N-dealkylation sites (tertiary alicyclic amines) is 1. The van der Waals surface area contributed by atoms with E-state index in [1.54, 1.807) is 12.1 Å². The molecule has 1 aliphatic heterocycles. The number of ether oxygens (including phenoxy) is 1. The van der Waals surface area contributed by atoms with Gasteiger partial charge < -0.3 is 9.64 Å². The summed E-state index contributed by atoms with van der Waals surface area (Å²) in [7, 11) is 0. The molecule has 5 nitrogen and oxygen atoms in total. The standard InChI is InChI=1S/C26H26N2O3/c1-20-16-17-27(18-20)25(29)19-28(26(30)21-10-4-2-5-11-21)23-14-8-9-15-24(23)31-22-12-6-3-7-13-22/h2-15,20H,16-19H2,1H3. The topological polar surface area (TPSA) is 49.9 Å². The highest BCUT2D eigenvalue weighted by Gasteiger charge is 2.29. The van der Waals surface area contributed by atoms with Crippen molar-refractivity contribution in [2.24, 2.45) is 5.92 Å². The van der Waals surface area contributed by atoms with Gasteiger partial charge in [0.1, 0.15) is 12.3 Å². The minimum atomic E-state index is -0.231. The molecule has 158 valence electrons. The lowest BCUT2D eigenvalue weighted by Gasteiger charge is -2.27. The molecule has 3 aromatic carbocycles. The van der Waals surface area contributed by atoms with Crippen molar-refractivity contribution in [2.75, 3.05) is 24.5 Å². The molecule has 0 aliphatic carbocycles. The summed E-state index contributed by atoms with van der Waals surface area (Å²) in [5.41, 5.74) is 1.10. The zero-order chi connectivity index (χ0) is 21.6. The Balaban J connectivity index is 1.67. The monoisotopic (exact) mass is 414 g/mol. The number of benzene rings is 3. The van der Waals surface area contributed by atoms with Crippen LogP contribution in [0.2, 0.25) is 0 Å². The van der Waals surface area contributed by atoms with Gasteiger partial charge in [0.15, 0.2) is 5.75 Å². The van der Waals surface area contributed by atoms with E-state index in [2.05, 4.69) is 6.92 Å². The fraction of sp³-hybridized carbons (Fsp3) is 0.231. The second-order valence-electron chi connectivity index (χ2n) is 7.87. The third kappa shape index (κ3) is 4.94. The highest BCUT2D eigenvalue weighted by molar-refractivity contribution is 6.09. The Morgan fingerprint density at radius 1 is 0.935 bits per heavy atom. The highest BCUT2D eigenvalue weighted by Crippen LogP contribution is 2.33. The lowest BCUT2D eigenvalue weighted by atomic mass is 10.1. The van der Waals surface area contributed by atoms with Gasteiger partial charge in [-0.3, -0.25) is 14.5 Å². The minimum Gasteiger partial charge on any atom is -0.455 e. The van der Waals surface area contributed by atoms with E-state index in [0.29, 0.717) is 28.7 Å². The van der Waals surface area contributed by atoms with Crippen LogP contribution in [0, 0.1) is 5.92 Å². The second-order valence-corrected chi connectivity index (χ2v) is 7.87. The van der Waals surface area contributed by atoms with E-state index in [4.69, 9.17) is 4.74 Å². The van der Waals surface area contributed by atoms with E-state index >= 15 is 0 Å². The average molecular weight is 415 g/mol. The van der Waals surface area contributed by atoms with Crippen LogP contribution >= 0.6 is 0 Å². The smallest absolute Gasteiger partial charge is 0.258 e. The largest absolute Gasteiger partial charge is 0.455 e. The maximum absolute atomic E-state index is 13.5. The molecule has 0 aromatic heterocycles. The van der Waals surface area contributed by atoms with Crippen LogP contribution in [0.3, 0.4) is 0 Å². The molecule has 0 saturated carbocycles. The zero-order valence-corrected chi connectivity index (χ0v) is 17.6. The van der Waals surface area contributed by atoms with Crippen molar-refractivity contribution in [3.05, 3.63) is 90.5 Å². The number of rotatable bonds is 6. The first kappa shape index (κ1) is 20.7. The lowest BCUT2D eigenvalue weighted by Crippen LogP contribution is -2.42. The molecule has 1 saturated heterocycles. The molecule has 3 aromatic rings. The molecule has 5 heteroatoms. The third-order valence-corrected chi connectivity index (χ3v) is 5.46. The van der Waals surface area contributed by atoms with Gasteiger partial charge in [-0.1, -0.05) is 55.5 Å². The van der Waals surface area contributed by atoms with Gasteiger partial charge in [-0.05, 0) is 48.7 Å². The van der Waals surface area contributed by atoms with Crippen molar-refractivity contribution < 1.29 is 14.3 Å². The van der Waals surface area contributed by atoms with Gasteiger partial charge in [0.25, 0.3) is 5.91 Å². The maximum atomic E-state index is 13.5. The quantitative estimate of drug-likeness (QED) is 0.571. The SMILES string of the molecule is CC1CCN(C(=O)CN(C(=O)c2ccccc2)c2ccccc2Oc2ccccc2)C1. The van der Waals surface area contributed by atoms with Crippen LogP contribution < -0.4 is 9.64 Å². The molecular formula is C26H26N2O3. The Bertz CT molecular complexity index is 1040. The number of nitrogens with zero attached hydrogens (tertiary/aromatic N) is 2. The molecule has 31 heavy (non-hydrogen) atoms. The number of para-hydroxylation sites is 3. The maximum Gasteiger partial charge on any atom is 0.258 e. The normalized spacial score (nSPS) is 15.5. The molecule has 1 unspecified atom stereocenters. The van der Waals surface area contributed by atoms with E-state index in [1.807, 2.05) is 77.7 Å². The van der Waals surface area contributed by atoms with Crippen LogP contribution in [0.25, 0.3) is 0 Å². The van der Waals surface area contributed by atoms with E-state index in [9.17, 15) is 9.59 Å². The van der Waals surface area contributed by atoms with Gasteiger partial charge >= 0.3 is 0 Å². The zero-order valence-electron chi connectivity index (χ0n) is 17.6. The summed E-state index contributed by atoms with van der Waals surface area (Å²) >= 11 is 0. The number of hydrogen-bond acceptors (Lipinski definition) is 3. The Morgan fingerprint density at radius 2 is 1.58 bits per heavy atom. The van der Waals surface area contributed by atoms with Crippen LogP contribution in [-0.4, -0.2) is 36.3 Å². The first-order chi connectivity index (χ1) is 15.1. The third-order valence-electron chi connectivity index (χ3n) is 5.46. The van der Waals surface area contributed by atoms with Gasteiger partial charge in [0.2, 0.25) is 5.91 Å². The van der Waals surface area contributed by atoms with Gasteiger partial charge in [-0.15, -0.1) is 0 Å². The molecule has 0 spiro atoms. The highest BCUT2D eigenvalue weighted by atomic mass is 16.5. The summed E-state index contributed by atoms with van der Waals surface area (Å²) in [6.07, 6.45) is 0.992. The first-order valence-corrected chi connectivity index (χ1v) is 10.6. The summed E-state index contributed by atoms with van der Waals surface area (Å²) in [6.45, 7) is 3.57. The Hall–Kier alpha value is -3.60. The van der Waals surface area contributed by atoms with Crippen molar-refractivity contribution in [3.8, 4) is 11.5 Å². The second kappa shape index (κ2) is 9.47. The predicted molar refractivity (Wildman–Crippen MR) is 121 cm³/mol. The summed E-state index contributed by atoms with van der Waals surface area (Å²) in [6, 6.07) is 25.8. The van der Waals surface area contributed by atoms with Crippen LogP contribution in [-0.2, 0) is 4.79 Å². The fourth-order valence-corrected chi connectivity index (χ4v) is 3.78. The van der Waals surface area contributed by atoms with E-state index in [0.717, 1.165) is 19.5 Å². The van der Waals surface area contributed by atoms with Gasteiger partial charge in [0, 0.05) is 18.7 Å². The summed E-state index contributed by atoms with van der Waals surface area (Å²) in [5, 5.41) is 0. The first-order valence-electron chi connectivity index (χ1n) is 10.6. The summed E-state index contributed by atoms with van der Waals surface area (Å²) in [4.78, 5) is 29.9. The minimum absolute atomic E-state index is 0.0321. The molecule has 1 aliphatic rings. The fourth-order valence-electron chi connectivity index (χ4n) is 3.78. The Kier molecular flexibility index (Phi) is 6.32. The molecular weight excluding hydrogens is 388 g/mol.